The van der Waals surface area contributed by atoms with Crippen LogP contribution >= 0.6 is 0 Å². The second-order valence-electron chi connectivity index (χ2n) is 2.77. The molecule has 0 unspecified atom stereocenters. The van der Waals surface area contributed by atoms with Crippen molar-refractivity contribution in [3.8, 4) is 0 Å². The van der Waals surface area contributed by atoms with Crippen molar-refractivity contribution in [2.24, 2.45) is 0 Å². The molecule has 0 aromatic rings. The molecule has 2 nitrogen and oxygen atoms in total. The van der Waals surface area contributed by atoms with Crippen molar-refractivity contribution in [2.75, 3.05) is 0 Å². The Bertz CT molecular complexity index is 288. The normalized spacial score (nSPS) is 11.7. The average molecular weight is 196 g/mol. The van der Waals surface area contributed by atoms with Gasteiger partial charge in [-0.25, -0.2) is 4.39 Å². The Morgan fingerprint density at radius 3 is 2.43 bits per heavy atom. The van der Waals surface area contributed by atoms with Gasteiger partial charge in [-0.1, -0.05) is 12.7 Å². The molecule has 0 atom stereocenters. The molecule has 0 fully saturated rings. The lowest BCUT2D eigenvalue weighted by atomic mass is 10.1. The number of carbonyl (C=O) groups excluding carboxylic acids is 2. The van der Waals surface area contributed by atoms with E-state index in [0.29, 0.717) is 11.9 Å². The van der Waals surface area contributed by atoms with Crippen molar-refractivity contribution in [3.05, 3.63) is 36.7 Å². The van der Waals surface area contributed by atoms with Crippen LogP contribution in [-0.2, 0) is 9.59 Å². The lowest BCUT2D eigenvalue weighted by molar-refractivity contribution is -0.121. The predicted octanol–water partition coefficient (Wildman–Crippen LogP) is 2.52. The predicted molar refractivity (Wildman–Crippen MR) is 53.5 cm³/mol. The molecule has 0 saturated carbocycles. The third kappa shape index (κ3) is 5.19. The Morgan fingerprint density at radius 2 is 2.00 bits per heavy atom. The maximum absolute atomic E-state index is 11.6. The first-order valence-electron chi connectivity index (χ1n) is 4.24. The number of hydrogen-bond acceptors (Lipinski definition) is 2. The minimum absolute atomic E-state index is 0.0391. The summed E-state index contributed by atoms with van der Waals surface area (Å²) in [4.78, 5) is 21.9. The van der Waals surface area contributed by atoms with Crippen LogP contribution in [0.5, 0.6) is 0 Å². The van der Waals surface area contributed by atoms with Crippen molar-refractivity contribution in [1.29, 1.82) is 0 Å². The zero-order chi connectivity index (χ0) is 11.0. The van der Waals surface area contributed by atoms with Gasteiger partial charge >= 0.3 is 0 Å². The molecular formula is C11H13FO2. The second kappa shape index (κ2) is 6.95. The summed E-state index contributed by atoms with van der Waals surface area (Å²) in [5, 5.41) is 0. The molecule has 0 rings (SSSR count). The summed E-state index contributed by atoms with van der Waals surface area (Å²) < 4.78 is 11.6. The molecule has 0 aliphatic heterocycles. The summed E-state index contributed by atoms with van der Waals surface area (Å²) in [6, 6.07) is 0. The van der Waals surface area contributed by atoms with Gasteiger partial charge in [-0.3, -0.25) is 4.79 Å². The number of Topliss-reactive ketones (excluding diaryl/α,β-unsaturated/α-hetero) is 2. The van der Waals surface area contributed by atoms with Gasteiger partial charge in [-0.05, 0) is 19.1 Å². The number of halogens is 1. The molecule has 0 radical (unpaired) electrons. The highest BCUT2D eigenvalue weighted by molar-refractivity contribution is 5.99. The van der Waals surface area contributed by atoms with E-state index in [4.69, 9.17) is 0 Å². The van der Waals surface area contributed by atoms with Gasteiger partial charge < -0.3 is 4.79 Å². The van der Waals surface area contributed by atoms with Gasteiger partial charge in [0.15, 0.2) is 5.78 Å². The van der Waals surface area contributed by atoms with E-state index >= 15 is 0 Å². The van der Waals surface area contributed by atoms with Crippen LogP contribution < -0.4 is 0 Å². The van der Waals surface area contributed by atoms with Gasteiger partial charge in [0.25, 0.3) is 0 Å². The third-order valence-electron chi connectivity index (χ3n) is 1.59. The molecule has 0 N–H and O–H groups in total. The SMILES string of the molecule is C=C/C(=C\C=C\F)C(=O)CCC(C)=O. The summed E-state index contributed by atoms with van der Waals surface area (Å²) in [6.07, 6.45) is 4.49. The molecule has 0 aromatic heterocycles. The molecule has 0 aromatic carbocycles. The molecule has 0 aliphatic rings. The zero-order valence-electron chi connectivity index (χ0n) is 8.13. The van der Waals surface area contributed by atoms with Gasteiger partial charge in [0.05, 0.1) is 6.33 Å². The quantitative estimate of drug-likeness (QED) is 0.483. The minimum atomic E-state index is -0.201. The number of hydrogen-bond donors (Lipinski definition) is 0. The monoisotopic (exact) mass is 196 g/mol. The van der Waals surface area contributed by atoms with Crippen LogP contribution in [0.3, 0.4) is 0 Å². The topological polar surface area (TPSA) is 34.1 Å². The van der Waals surface area contributed by atoms with Gasteiger partial charge in [0.1, 0.15) is 5.78 Å². The molecule has 3 heteroatoms. The molecule has 0 saturated heterocycles. The smallest absolute Gasteiger partial charge is 0.163 e. The summed E-state index contributed by atoms with van der Waals surface area (Å²) >= 11 is 0. The summed E-state index contributed by atoms with van der Waals surface area (Å²) in [5.41, 5.74) is 0.320. The summed E-state index contributed by atoms with van der Waals surface area (Å²) in [7, 11) is 0. The fourth-order valence-electron chi connectivity index (χ4n) is 0.849. The van der Waals surface area contributed by atoms with E-state index in [1.807, 2.05) is 0 Å². The Morgan fingerprint density at radius 1 is 1.36 bits per heavy atom. The van der Waals surface area contributed by atoms with Crippen molar-refractivity contribution in [3.63, 3.8) is 0 Å². The Labute approximate surface area is 82.8 Å². The largest absolute Gasteiger partial charge is 0.300 e. The van der Waals surface area contributed by atoms with Gasteiger partial charge in [0, 0.05) is 18.4 Å². The number of carbonyl (C=O) groups is 2. The fourth-order valence-corrected chi connectivity index (χ4v) is 0.849. The van der Waals surface area contributed by atoms with Crippen LogP contribution in [0.4, 0.5) is 4.39 Å². The van der Waals surface area contributed by atoms with E-state index in [0.717, 1.165) is 6.08 Å². The van der Waals surface area contributed by atoms with E-state index in [9.17, 15) is 14.0 Å². The summed E-state index contributed by atoms with van der Waals surface area (Å²) in [6.45, 7) is 4.85. The van der Waals surface area contributed by atoms with Gasteiger partial charge in [-0.15, -0.1) is 0 Å². The molecule has 0 heterocycles. The highest BCUT2D eigenvalue weighted by Crippen LogP contribution is 2.05. The molecule has 0 bridgehead atoms. The highest BCUT2D eigenvalue weighted by Gasteiger charge is 2.06. The Kier molecular flexibility index (Phi) is 6.20. The number of rotatable bonds is 6. The maximum Gasteiger partial charge on any atom is 0.163 e. The van der Waals surface area contributed by atoms with Gasteiger partial charge in [0.2, 0.25) is 0 Å². The lowest BCUT2D eigenvalue weighted by Gasteiger charge is -1.98. The van der Waals surface area contributed by atoms with Crippen molar-refractivity contribution in [2.45, 2.75) is 19.8 Å². The second-order valence-corrected chi connectivity index (χ2v) is 2.77. The molecule has 0 spiro atoms. The zero-order valence-corrected chi connectivity index (χ0v) is 8.13. The number of allylic oxidation sites excluding steroid dienone is 4. The minimum Gasteiger partial charge on any atom is -0.300 e. The van der Waals surface area contributed by atoms with Crippen LogP contribution in [0.2, 0.25) is 0 Å². The fraction of sp³-hybridized carbons (Fsp3) is 0.273. The van der Waals surface area contributed by atoms with E-state index in [-0.39, 0.29) is 24.4 Å². The Balaban J connectivity index is 4.32. The van der Waals surface area contributed by atoms with E-state index in [1.54, 1.807) is 0 Å². The maximum atomic E-state index is 11.6. The first kappa shape index (κ1) is 12.5. The molecule has 14 heavy (non-hydrogen) atoms. The lowest BCUT2D eigenvalue weighted by Crippen LogP contribution is -2.03. The molecule has 0 aliphatic carbocycles. The van der Waals surface area contributed by atoms with E-state index < -0.39 is 0 Å². The van der Waals surface area contributed by atoms with Gasteiger partial charge in [-0.2, -0.15) is 0 Å². The molecule has 0 amide bonds. The van der Waals surface area contributed by atoms with E-state index in [1.165, 1.54) is 19.1 Å². The van der Waals surface area contributed by atoms with Crippen molar-refractivity contribution >= 4 is 11.6 Å². The first-order valence-corrected chi connectivity index (χ1v) is 4.24. The molecule has 76 valence electrons. The third-order valence-corrected chi connectivity index (χ3v) is 1.59. The standard InChI is InChI=1S/C11H13FO2/c1-3-10(5-4-8-12)11(14)7-6-9(2)13/h3-5,8H,1,6-7H2,2H3/b8-4+,10-5+. The van der Waals surface area contributed by atoms with Crippen LogP contribution in [0.1, 0.15) is 19.8 Å². The average Bonchev–Trinajstić information content (AvgIpc) is 2.16. The summed E-state index contributed by atoms with van der Waals surface area (Å²) in [5.74, 6) is -0.240. The highest BCUT2D eigenvalue weighted by atomic mass is 19.1. The van der Waals surface area contributed by atoms with Crippen LogP contribution in [0.25, 0.3) is 0 Å². The van der Waals surface area contributed by atoms with E-state index in [2.05, 4.69) is 6.58 Å². The van der Waals surface area contributed by atoms with Crippen LogP contribution in [0.15, 0.2) is 36.7 Å². The number of ketones is 2. The van der Waals surface area contributed by atoms with Crippen LogP contribution in [-0.4, -0.2) is 11.6 Å². The first-order chi connectivity index (χ1) is 6.61. The van der Waals surface area contributed by atoms with Crippen molar-refractivity contribution < 1.29 is 14.0 Å². The van der Waals surface area contributed by atoms with Crippen LogP contribution in [0, 0.1) is 0 Å². The van der Waals surface area contributed by atoms with Crippen molar-refractivity contribution in [1.82, 2.24) is 0 Å². The Hall–Kier alpha value is -1.51. The molecular weight excluding hydrogens is 183 g/mol.